The number of hydrogen-bond donors (Lipinski definition) is 4. The number of amides is 1. The van der Waals surface area contributed by atoms with Gasteiger partial charge in [0.05, 0.1) is 25.6 Å². The van der Waals surface area contributed by atoms with Crippen LogP contribution in [0, 0.1) is 0 Å². The van der Waals surface area contributed by atoms with E-state index in [1.165, 1.54) is 5.56 Å². The number of rotatable bonds is 10. The molecule has 2 heterocycles. The molecule has 0 spiro atoms. The summed E-state index contributed by atoms with van der Waals surface area (Å²) in [6.45, 7) is 1.97. The molecule has 0 radical (unpaired) electrons. The molecule has 1 saturated heterocycles. The van der Waals surface area contributed by atoms with Gasteiger partial charge >= 0.3 is 0 Å². The number of likely N-dealkylation sites (tertiary alicyclic amines) is 1. The Bertz CT molecular complexity index is 1450. The zero-order valence-corrected chi connectivity index (χ0v) is 25.8. The van der Waals surface area contributed by atoms with Crippen molar-refractivity contribution in [1.82, 2.24) is 30.8 Å². The summed E-state index contributed by atoms with van der Waals surface area (Å²) in [5, 5.41) is 13.5. The summed E-state index contributed by atoms with van der Waals surface area (Å²) >= 11 is 0. The van der Waals surface area contributed by atoms with E-state index in [9.17, 15) is 4.79 Å². The number of likely N-dealkylation sites (N-methyl/N-ethyl adjacent to an activating group) is 2. The third-order valence-corrected chi connectivity index (χ3v) is 8.45. The second-order valence-corrected chi connectivity index (χ2v) is 11.2. The van der Waals surface area contributed by atoms with Crippen molar-refractivity contribution in [2.24, 2.45) is 0 Å². The lowest BCUT2D eigenvalue weighted by Crippen LogP contribution is -2.43. The maximum Gasteiger partial charge on any atom is 0.251 e. The molecule has 10 nitrogen and oxygen atoms in total. The molecule has 0 bridgehead atoms. The molecule has 1 fully saturated rings. The molecule has 5 rings (SSSR count). The Morgan fingerprint density at radius 3 is 2.47 bits per heavy atom. The van der Waals surface area contributed by atoms with E-state index in [1.54, 1.807) is 20.3 Å². The monoisotopic (exact) mass is 585 g/mol. The summed E-state index contributed by atoms with van der Waals surface area (Å²) in [5.74, 6) is 1.77. The Balaban J connectivity index is 1.40. The van der Waals surface area contributed by atoms with Gasteiger partial charge < -0.3 is 35.6 Å². The van der Waals surface area contributed by atoms with E-state index in [0.717, 1.165) is 73.5 Å². The van der Waals surface area contributed by atoms with E-state index in [-0.39, 0.29) is 18.0 Å². The summed E-state index contributed by atoms with van der Waals surface area (Å²) in [5.41, 5.74) is 6.71. The Hall–Kier alpha value is -4.15. The fourth-order valence-corrected chi connectivity index (χ4v) is 5.88. The molecule has 0 saturated carbocycles. The number of benzene rings is 2. The number of anilines is 2. The minimum absolute atomic E-state index is 0.0891. The zero-order valence-electron chi connectivity index (χ0n) is 25.8. The highest BCUT2D eigenvalue weighted by molar-refractivity contribution is 5.95. The van der Waals surface area contributed by atoms with E-state index in [2.05, 4.69) is 50.3 Å². The quantitative estimate of drug-likeness (QED) is 0.283. The summed E-state index contributed by atoms with van der Waals surface area (Å²) in [6.07, 6.45) is 6.39. The van der Waals surface area contributed by atoms with Gasteiger partial charge in [0.25, 0.3) is 5.91 Å². The molecule has 2 aromatic carbocycles. The smallest absolute Gasteiger partial charge is 0.251 e. The fourth-order valence-electron chi connectivity index (χ4n) is 5.88. The number of methoxy groups -OCH3 is 2. The maximum atomic E-state index is 13.0. The van der Waals surface area contributed by atoms with Gasteiger partial charge in [-0.2, -0.15) is 0 Å². The van der Waals surface area contributed by atoms with Crippen molar-refractivity contribution in [3.8, 4) is 11.5 Å². The maximum absolute atomic E-state index is 13.0. The van der Waals surface area contributed by atoms with Gasteiger partial charge in [0.15, 0.2) is 0 Å². The molecule has 1 aliphatic heterocycles. The van der Waals surface area contributed by atoms with Crippen molar-refractivity contribution in [3.63, 3.8) is 0 Å². The number of piperidine rings is 1. The predicted molar refractivity (Wildman–Crippen MR) is 170 cm³/mol. The molecule has 1 unspecified atom stereocenters. The number of carbonyl (C=O) groups excluding carboxylic acids is 1. The van der Waals surface area contributed by atoms with Crippen LogP contribution >= 0.6 is 0 Å². The average Bonchev–Trinajstić information content (AvgIpc) is 3.04. The molecule has 10 heteroatoms. The molecule has 228 valence electrons. The van der Waals surface area contributed by atoms with E-state index in [1.807, 2.05) is 44.6 Å². The summed E-state index contributed by atoms with van der Waals surface area (Å²) in [7, 11) is 9.34. The number of carbonyl (C=O) groups is 1. The third kappa shape index (κ3) is 7.09. The normalized spacial score (nSPS) is 18.4. The predicted octanol–water partition coefficient (Wildman–Crippen LogP) is 3.77. The second kappa shape index (κ2) is 13.9. The Morgan fingerprint density at radius 2 is 1.79 bits per heavy atom. The van der Waals surface area contributed by atoms with E-state index < -0.39 is 0 Å². The first-order chi connectivity index (χ1) is 20.9. The van der Waals surface area contributed by atoms with Crippen molar-refractivity contribution in [3.05, 3.63) is 76.7 Å². The van der Waals surface area contributed by atoms with Crippen LogP contribution in [0.15, 0.2) is 54.4 Å². The van der Waals surface area contributed by atoms with Crippen molar-refractivity contribution in [2.75, 3.05) is 53.8 Å². The molecule has 3 aromatic rings. The lowest BCUT2D eigenvalue weighted by molar-refractivity contribution is 0.0916. The molecule has 1 amide bonds. The van der Waals surface area contributed by atoms with E-state index in [0.29, 0.717) is 22.9 Å². The van der Waals surface area contributed by atoms with Gasteiger partial charge in [-0.05, 0) is 94.3 Å². The SMILES string of the molecule is CN/C(Cc1ccc(OC)cc1)=C1/c2nc(Nc3ccc(C(=O)NC4CCN(C)CC4)cc3OC)ncc2CCC1NC. The van der Waals surface area contributed by atoms with Gasteiger partial charge in [0, 0.05) is 48.6 Å². The summed E-state index contributed by atoms with van der Waals surface area (Å²) < 4.78 is 11.0. The highest BCUT2D eigenvalue weighted by Gasteiger charge is 2.28. The van der Waals surface area contributed by atoms with Crippen LogP contribution < -0.4 is 30.7 Å². The van der Waals surface area contributed by atoms with Gasteiger partial charge in [-0.1, -0.05) is 12.1 Å². The van der Waals surface area contributed by atoms with Crippen molar-refractivity contribution in [1.29, 1.82) is 0 Å². The summed E-state index contributed by atoms with van der Waals surface area (Å²) in [4.78, 5) is 24.9. The highest BCUT2D eigenvalue weighted by atomic mass is 16.5. The number of ether oxygens (including phenoxy) is 2. The topological polar surface area (TPSA) is 113 Å². The van der Waals surface area contributed by atoms with Crippen LogP contribution in [0.1, 0.15) is 46.4 Å². The van der Waals surface area contributed by atoms with Crippen LogP contribution in [-0.2, 0) is 12.8 Å². The van der Waals surface area contributed by atoms with E-state index >= 15 is 0 Å². The van der Waals surface area contributed by atoms with Gasteiger partial charge in [-0.15, -0.1) is 0 Å². The van der Waals surface area contributed by atoms with Crippen LogP contribution in [0.25, 0.3) is 5.57 Å². The molecular formula is C33H43N7O3. The number of nitrogens with one attached hydrogen (secondary N) is 4. The molecule has 1 aliphatic carbocycles. The van der Waals surface area contributed by atoms with Crippen LogP contribution in [0.5, 0.6) is 11.5 Å². The van der Waals surface area contributed by atoms with Crippen LogP contribution in [0.4, 0.5) is 11.6 Å². The molecule has 4 N–H and O–H groups in total. The first-order valence-electron chi connectivity index (χ1n) is 14.9. The second-order valence-electron chi connectivity index (χ2n) is 11.2. The first-order valence-corrected chi connectivity index (χ1v) is 14.9. The fraction of sp³-hybridized carbons (Fsp3) is 0.424. The van der Waals surface area contributed by atoms with Gasteiger partial charge in [-0.25, -0.2) is 9.97 Å². The van der Waals surface area contributed by atoms with Gasteiger partial charge in [0.1, 0.15) is 11.5 Å². The van der Waals surface area contributed by atoms with Gasteiger partial charge in [0.2, 0.25) is 5.95 Å². The largest absolute Gasteiger partial charge is 0.497 e. The standard InChI is InChI=1S/C33H43N7O3/c1-34-27-13-9-23-20-36-33(39-31(23)30(27)28(35-2)18-21-6-10-25(42-4)11-7-21)38-26-12-8-22(19-29(26)43-5)32(41)37-24-14-16-40(3)17-15-24/h6-8,10-12,19-20,24,27,34-35H,9,13-18H2,1-5H3,(H,37,41)(H,36,38,39)/b30-28+. The van der Waals surface area contributed by atoms with Crippen molar-refractivity contribution < 1.29 is 14.3 Å². The molecular weight excluding hydrogens is 542 g/mol. The minimum Gasteiger partial charge on any atom is -0.497 e. The average molecular weight is 586 g/mol. The Kier molecular flexibility index (Phi) is 9.79. The zero-order chi connectivity index (χ0) is 30.3. The van der Waals surface area contributed by atoms with Gasteiger partial charge in [-0.3, -0.25) is 4.79 Å². The van der Waals surface area contributed by atoms with Crippen LogP contribution in [-0.4, -0.2) is 81.3 Å². The lowest BCUT2D eigenvalue weighted by Gasteiger charge is -2.30. The number of hydrogen-bond acceptors (Lipinski definition) is 9. The molecule has 43 heavy (non-hydrogen) atoms. The minimum atomic E-state index is -0.0891. The number of nitrogens with zero attached hydrogens (tertiary/aromatic N) is 3. The lowest BCUT2D eigenvalue weighted by atomic mass is 9.85. The first kappa shape index (κ1) is 30.3. The number of fused-ring (bicyclic) bond motifs is 1. The van der Waals surface area contributed by atoms with Crippen LogP contribution in [0.3, 0.4) is 0 Å². The number of aromatic nitrogens is 2. The number of allylic oxidation sites excluding steroid dienone is 1. The Labute approximate surface area is 254 Å². The van der Waals surface area contributed by atoms with Crippen molar-refractivity contribution >= 4 is 23.1 Å². The molecule has 1 aromatic heterocycles. The van der Waals surface area contributed by atoms with E-state index in [4.69, 9.17) is 14.5 Å². The Morgan fingerprint density at radius 1 is 1.02 bits per heavy atom. The highest BCUT2D eigenvalue weighted by Crippen LogP contribution is 2.34. The summed E-state index contributed by atoms with van der Waals surface area (Å²) in [6, 6.07) is 13.9. The van der Waals surface area contributed by atoms with Crippen LogP contribution in [0.2, 0.25) is 0 Å². The molecule has 2 aliphatic rings. The van der Waals surface area contributed by atoms with Crippen molar-refractivity contribution in [2.45, 2.75) is 44.2 Å². The third-order valence-electron chi connectivity index (χ3n) is 8.45. The number of aryl methyl sites for hydroxylation is 1. The molecule has 1 atom stereocenters.